The second-order valence-corrected chi connectivity index (χ2v) is 6.62. The zero-order chi connectivity index (χ0) is 16.9. The SMILES string of the molecule is Nc1cc(/C=C/C(=O)N2CCN(c3ccccc3)CC2)ccc1Br. The number of nitrogens with zero attached hydrogens (tertiary/aromatic N) is 2. The van der Waals surface area contributed by atoms with Gasteiger partial charge in [-0.3, -0.25) is 4.79 Å². The summed E-state index contributed by atoms with van der Waals surface area (Å²) < 4.78 is 0.864. The minimum Gasteiger partial charge on any atom is -0.398 e. The first-order valence-electron chi connectivity index (χ1n) is 7.95. The zero-order valence-electron chi connectivity index (χ0n) is 13.4. The number of rotatable bonds is 3. The van der Waals surface area contributed by atoms with Gasteiger partial charge in [0.1, 0.15) is 0 Å². The van der Waals surface area contributed by atoms with E-state index in [4.69, 9.17) is 5.73 Å². The van der Waals surface area contributed by atoms with E-state index in [9.17, 15) is 4.79 Å². The van der Waals surface area contributed by atoms with Gasteiger partial charge in [-0.2, -0.15) is 0 Å². The molecule has 0 spiro atoms. The minimum absolute atomic E-state index is 0.0456. The highest BCUT2D eigenvalue weighted by atomic mass is 79.9. The number of para-hydroxylation sites is 1. The van der Waals surface area contributed by atoms with Crippen LogP contribution in [0.25, 0.3) is 6.08 Å². The summed E-state index contributed by atoms with van der Waals surface area (Å²) in [6.45, 7) is 3.19. The number of hydrogen-bond acceptors (Lipinski definition) is 3. The number of carbonyl (C=O) groups is 1. The summed E-state index contributed by atoms with van der Waals surface area (Å²) in [4.78, 5) is 16.5. The number of anilines is 2. The highest BCUT2D eigenvalue weighted by Gasteiger charge is 2.19. The molecule has 0 bridgehead atoms. The van der Waals surface area contributed by atoms with Gasteiger partial charge < -0.3 is 15.5 Å². The quantitative estimate of drug-likeness (QED) is 0.650. The van der Waals surface area contributed by atoms with Crippen molar-refractivity contribution in [2.45, 2.75) is 0 Å². The Morgan fingerprint density at radius 2 is 1.75 bits per heavy atom. The molecule has 0 saturated carbocycles. The Hall–Kier alpha value is -2.27. The molecule has 5 heteroatoms. The van der Waals surface area contributed by atoms with E-state index in [-0.39, 0.29) is 5.91 Å². The van der Waals surface area contributed by atoms with E-state index in [0.29, 0.717) is 5.69 Å². The van der Waals surface area contributed by atoms with E-state index in [0.717, 1.165) is 36.2 Å². The molecule has 0 radical (unpaired) electrons. The van der Waals surface area contributed by atoms with E-state index in [2.05, 4.69) is 33.0 Å². The van der Waals surface area contributed by atoms with Gasteiger partial charge in [0.05, 0.1) is 0 Å². The molecule has 2 aromatic carbocycles. The van der Waals surface area contributed by atoms with Crippen molar-refractivity contribution in [1.29, 1.82) is 0 Å². The molecule has 0 aliphatic carbocycles. The van der Waals surface area contributed by atoms with Crippen LogP contribution >= 0.6 is 15.9 Å². The molecule has 124 valence electrons. The fourth-order valence-corrected chi connectivity index (χ4v) is 3.01. The van der Waals surface area contributed by atoms with Crippen molar-refractivity contribution < 1.29 is 4.79 Å². The van der Waals surface area contributed by atoms with Gasteiger partial charge in [0.15, 0.2) is 0 Å². The Bertz CT molecular complexity index is 738. The summed E-state index contributed by atoms with van der Waals surface area (Å²) in [6.07, 6.45) is 3.44. The summed E-state index contributed by atoms with van der Waals surface area (Å²) >= 11 is 3.37. The van der Waals surface area contributed by atoms with Crippen LogP contribution in [0.5, 0.6) is 0 Å². The summed E-state index contributed by atoms with van der Waals surface area (Å²) in [5.74, 6) is 0.0456. The molecular formula is C19H20BrN3O. The van der Waals surface area contributed by atoms with Crippen LogP contribution in [0.4, 0.5) is 11.4 Å². The molecule has 1 saturated heterocycles. The topological polar surface area (TPSA) is 49.6 Å². The second-order valence-electron chi connectivity index (χ2n) is 5.76. The molecule has 1 aliphatic rings. The number of carbonyl (C=O) groups excluding carboxylic acids is 1. The Morgan fingerprint density at radius 3 is 2.42 bits per heavy atom. The maximum Gasteiger partial charge on any atom is 0.246 e. The van der Waals surface area contributed by atoms with Crippen LogP contribution in [0.15, 0.2) is 59.1 Å². The molecule has 0 unspecified atom stereocenters. The Balaban J connectivity index is 1.57. The number of halogens is 1. The largest absolute Gasteiger partial charge is 0.398 e. The molecule has 1 aliphatic heterocycles. The lowest BCUT2D eigenvalue weighted by atomic mass is 10.2. The fourth-order valence-electron chi connectivity index (χ4n) is 2.76. The van der Waals surface area contributed by atoms with E-state index < -0.39 is 0 Å². The van der Waals surface area contributed by atoms with Crippen molar-refractivity contribution in [2.24, 2.45) is 0 Å². The van der Waals surface area contributed by atoms with Crippen LogP contribution in [0, 0.1) is 0 Å². The van der Waals surface area contributed by atoms with E-state index >= 15 is 0 Å². The van der Waals surface area contributed by atoms with Gasteiger partial charge in [0.25, 0.3) is 0 Å². The highest BCUT2D eigenvalue weighted by molar-refractivity contribution is 9.10. The minimum atomic E-state index is 0.0456. The van der Waals surface area contributed by atoms with Crippen LogP contribution in [0.2, 0.25) is 0 Å². The maximum absolute atomic E-state index is 12.3. The van der Waals surface area contributed by atoms with Crippen LogP contribution in [-0.2, 0) is 4.79 Å². The normalized spacial score (nSPS) is 15.0. The lowest BCUT2D eigenvalue weighted by Gasteiger charge is -2.35. The summed E-state index contributed by atoms with van der Waals surface area (Å²) in [5.41, 5.74) is 8.66. The lowest BCUT2D eigenvalue weighted by molar-refractivity contribution is -0.126. The van der Waals surface area contributed by atoms with Crippen molar-refractivity contribution in [3.05, 3.63) is 64.6 Å². The molecule has 0 atom stereocenters. The molecule has 24 heavy (non-hydrogen) atoms. The van der Waals surface area contributed by atoms with Crippen LogP contribution in [-0.4, -0.2) is 37.0 Å². The van der Waals surface area contributed by atoms with Gasteiger partial charge in [-0.05, 0) is 51.8 Å². The smallest absolute Gasteiger partial charge is 0.246 e. The van der Waals surface area contributed by atoms with Gasteiger partial charge in [-0.25, -0.2) is 0 Å². The molecular weight excluding hydrogens is 366 g/mol. The molecule has 3 rings (SSSR count). The number of hydrogen-bond donors (Lipinski definition) is 1. The molecule has 0 aromatic heterocycles. The first kappa shape index (κ1) is 16.6. The molecule has 2 aromatic rings. The van der Waals surface area contributed by atoms with E-state index in [1.165, 1.54) is 5.69 Å². The Labute approximate surface area is 150 Å². The van der Waals surface area contributed by atoms with Crippen LogP contribution in [0.1, 0.15) is 5.56 Å². The highest BCUT2D eigenvalue weighted by Crippen LogP contribution is 2.21. The summed E-state index contributed by atoms with van der Waals surface area (Å²) in [5, 5.41) is 0. The molecule has 1 heterocycles. The monoisotopic (exact) mass is 385 g/mol. The van der Waals surface area contributed by atoms with E-state index in [1.807, 2.05) is 47.4 Å². The first-order chi connectivity index (χ1) is 11.6. The third kappa shape index (κ3) is 3.97. The lowest BCUT2D eigenvalue weighted by Crippen LogP contribution is -2.48. The van der Waals surface area contributed by atoms with Gasteiger partial charge >= 0.3 is 0 Å². The van der Waals surface area contributed by atoms with Crippen molar-refractivity contribution in [3.8, 4) is 0 Å². The van der Waals surface area contributed by atoms with Crippen molar-refractivity contribution in [3.63, 3.8) is 0 Å². The Morgan fingerprint density at radius 1 is 1.04 bits per heavy atom. The summed E-state index contributed by atoms with van der Waals surface area (Å²) in [6, 6.07) is 16.0. The first-order valence-corrected chi connectivity index (χ1v) is 8.75. The number of nitrogen functional groups attached to an aromatic ring is 1. The van der Waals surface area contributed by atoms with Crippen molar-refractivity contribution in [2.75, 3.05) is 36.8 Å². The number of piperazine rings is 1. The van der Waals surface area contributed by atoms with Gasteiger partial charge in [-0.1, -0.05) is 24.3 Å². The predicted octanol–water partition coefficient (Wildman–Crippen LogP) is 3.39. The molecule has 4 nitrogen and oxygen atoms in total. The number of nitrogens with two attached hydrogens (primary N) is 1. The average molecular weight is 386 g/mol. The average Bonchev–Trinajstić information content (AvgIpc) is 2.63. The predicted molar refractivity (Wildman–Crippen MR) is 103 cm³/mol. The number of benzene rings is 2. The molecule has 1 amide bonds. The van der Waals surface area contributed by atoms with Gasteiger partial charge in [-0.15, -0.1) is 0 Å². The van der Waals surface area contributed by atoms with E-state index in [1.54, 1.807) is 6.08 Å². The standard InChI is InChI=1S/C19H20BrN3O/c20-17-8-6-15(14-18(17)21)7-9-19(24)23-12-10-22(11-13-23)16-4-2-1-3-5-16/h1-9,14H,10-13,21H2/b9-7+. The third-order valence-corrected chi connectivity index (χ3v) is 4.87. The van der Waals surface area contributed by atoms with Crippen LogP contribution < -0.4 is 10.6 Å². The van der Waals surface area contributed by atoms with Gasteiger partial charge in [0.2, 0.25) is 5.91 Å². The van der Waals surface area contributed by atoms with Crippen molar-refractivity contribution >= 4 is 39.3 Å². The van der Waals surface area contributed by atoms with Crippen molar-refractivity contribution in [1.82, 2.24) is 4.90 Å². The second kappa shape index (κ2) is 7.53. The Kier molecular flexibility index (Phi) is 5.20. The van der Waals surface area contributed by atoms with Gasteiger partial charge in [0, 0.05) is 48.1 Å². The number of amides is 1. The third-order valence-electron chi connectivity index (χ3n) is 4.15. The zero-order valence-corrected chi connectivity index (χ0v) is 14.9. The fraction of sp³-hybridized carbons (Fsp3) is 0.211. The van der Waals surface area contributed by atoms with Crippen LogP contribution in [0.3, 0.4) is 0 Å². The summed E-state index contributed by atoms with van der Waals surface area (Å²) in [7, 11) is 0. The molecule has 1 fully saturated rings. The maximum atomic E-state index is 12.3. The molecule has 2 N–H and O–H groups in total.